The lowest BCUT2D eigenvalue weighted by Gasteiger charge is -2.14. The molecule has 1 aliphatic carbocycles. The molecule has 1 nitrogen and oxygen atoms in total. The van der Waals surface area contributed by atoms with Crippen molar-refractivity contribution in [2.24, 2.45) is 7.05 Å². The number of aryl methyl sites for hydroxylation is 4. The van der Waals surface area contributed by atoms with E-state index in [0.29, 0.717) is 5.92 Å². The van der Waals surface area contributed by atoms with Crippen LogP contribution < -0.4 is 4.57 Å². The normalized spacial score (nSPS) is 12.4. The maximum Gasteiger partial charge on any atom is 0.213 e. The largest absolute Gasteiger partial charge is 0.213 e. The van der Waals surface area contributed by atoms with Crippen LogP contribution in [0.25, 0.3) is 22.4 Å². The lowest BCUT2D eigenvalue weighted by Crippen LogP contribution is -2.32. The first kappa shape index (κ1) is 17.0. The molecule has 26 heavy (non-hydrogen) atoms. The first-order valence-electron chi connectivity index (χ1n) is 9.59. The molecule has 3 aromatic rings. The van der Waals surface area contributed by atoms with Crippen molar-refractivity contribution in [2.45, 2.75) is 47.0 Å². The van der Waals surface area contributed by atoms with Gasteiger partial charge in [0, 0.05) is 11.6 Å². The van der Waals surface area contributed by atoms with Crippen molar-refractivity contribution in [1.82, 2.24) is 0 Å². The van der Waals surface area contributed by atoms with Gasteiger partial charge in [0.2, 0.25) is 5.69 Å². The van der Waals surface area contributed by atoms with Gasteiger partial charge in [-0.3, -0.25) is 0 Å². The van der Waals surface area contributed by atoms with Crippen molar-refractivity contribution in [1.29, 1.82) is 0 Å². The van der Waals surface area contributed by atoms with Crippen LogP contribution in [0.3, 0.4) is 0 Å². The predicted molar refractivity (Wildman–Crippen MR) is 110 cm³/mol. The SMILES string of the molecule is Cc1ccc2c(c1)-c1ccc(C)c(-c3cc(C(C)C)c(C)c[n+]3C)c1C2. The Hall–Kier alpha value is -2.41. The van der Waals surface area contributed by atoms with E-state index in [2.05, 4.69) is 88.8 Å². The summed E-state index contributed by atoms with van der Waals surface area (Å²) in [5, 5.41) is 0. The number of benzene rings is 2. The highest BCUT2D eigenvalue weighted by molar-refractivity contribution is 5.85. The smallest absolute Gasteiger partial charge is 0.201 e. The molecule has 4 rings (SSSR count). The number of pyridine rings is 1. The van der Waals surface area contributed by atoms with Crippen LogP contribution in [-0.2, 0) is 13.5 Å². The van der Waals surface area contributed by atoms with E-state index < -0.39 is 0 Å². The Balaban J connectivity index is 1.98. The number of nitrogens with zero attached hydrogens (tertiary/aromatic N) is 1. The third kappa shape index (κ3) is 2.58. The summed E-state index contributed by atoms with van der Waals surface area (Å²) in [4.78, 5) is 0. The van der Waals surface area contributed by atoms with Crippen molar-refractivity contribution < 1.29 is 4.57 Å². The average Bonchev–Trinajstić information content (AvgIpc) is 2.93. The van der Waals surface area contributed by atoms with E-state index in [0.717, 1.165) is 6.42 Å². The number of rotatable bonds is 2. The van der Waals surface area contributed by atoms with E-state index in [9.17, 15) is 0 Å². The summed E-state index contributed by atoms with van der Waals surface area (Å²) in [5.74, 6) is 0.534. The van der Waals surface area contributed by atoms with Crippen molar-refractivity contribution in [3.63, 3.8) is 0 Å². The molecule has 0 bridgehead atoms. The van der Waals surface area contributed by atoms with Crippen LogP contribution >= 0.6 is 0 Å². The van der Waals surface area contributed by atoms with E-state index in [1.807, 2.05) is 0 Å². The number of hydrogen-bond donors (Lipinski definition) is 0. The standard InChI is InChI=1S/C25H28N/c1-15(2)21-13-24(26(6)14-18(21)5)25-17(4)8-10-20-22-11-16(3)7-9-19(22)12-23(20)25/h7-11,13-15H,12H2,1-6H3/q+1. The van der Waals surface area contributed by atoms with E-state index >= 15 is 0 Å². The van der Waals surface area contributed by atoms with Gasteiger partial charge in [-0.15, -0.1) is 0 Å². The van der Waals surface area contributed by atoms with Crippen LogP contribution in [0.15, 0.2) is 42.6 Å². The minimum Gasteiger partial charge on any atom is -0.201 e. The molecule has 1 aliphatic rings. The van der Waals surface area contributed by atoms with Gasteiger partial charge in [-0.1, -0.05) is 49.7 Å². The molecule has 0 spiro atoms. The molecule has 0 radical (unpaired) electrons. The first-order valence-corrected chi connectivity index (χ1v) is 9.59. The van der Waals surface area contributed by atoms with Gasteiger partial charge in [0.05, 0.1) is 5.56 Å². The Labute approximate surface area is 157 Å². The lowest BCUT2D eigenvalue weighted by atomic mass is 9.91. The highest BCUT2D eigenvalue weighted by Gasteiger charge is 2.27. The summed E-state index contributed by atoms with van der Waals surface area (Å²) in [6.07, 6.45) is 3.32. The van der Waals surface area contributed by atoms with Crippen molar-refractivity contribution in [2.75, 3.05) is 0 Å². The van der Waals surface area contributed by atoms with Crippen LogP contribution in [0, 0.1) is 20.8 Å². The van der Waals surface area contributed by atoms with Crippen LogP contribution in [0.5, 0.6) is 0 Å². The molecular weight excluding hydrogens is 314 g/mol. The highest BCUT2D eigenvalue weighted by Crippen LogP contribution is 2.43. The van der Waals surface area contributed by atoms with Crippen molar-refractivity contribution >= 4 is 0 Å². The number of fused-ring (bicyclic) bond motifs is 3. The Morgan fingerprint density at radius 1 is 0.885 bits per heavy atom. The van der Waals surface area contributed by atoms with Crippen molar-refractivity contribution in [3.05, 3.63) is 76.0 Å². The second kappa shape index (κ2) is 6.09. The fourth-order valence-electron chi connectivity index (χ4n) is 4.51. The summed E-state index contributed by atoms with van der Waals surface area (Å²) in [6.45, 7) is 11.2. The zero-order valence-electron chi connectivity index (χ0n) is 16.8. The first-order chi connectivity index (χ1) is 12.4. The van der Waals surface area contributed by atoms with Gasteiger partial charge in [-0.2, -0.15) is 0 Å². The predicted octanol–water partition coefficient (Wildman–Crippen LogP) is 5.80. The summed E-state index contributed by atoms with van der Waals surface area (Å²) >= 11 is 0. The van der Waals surface area contributed by atoms with Gasteiger partial charge in [-0.25, -0.2) is 4.57 Å². The molecular formula is C25H28N+. The molecule has 0 amide bonds. The fraction of sp³-hybridized carbons (Fsp3) is 0.320. The molecule has 1 heterocycles. The number of hydrogen-bond acceptors (Lipinski definition) is 0. The molecule has 1 aromatic heterocycles. The zero-order valence-corrected chi connectivity index (χ0v) is 16.8. The van der Waals surface area contributed by atoms with E-state index in [1.54, 1.807) is 0 Å². The Kier molecular flexibility index (Phi) is 3.99. The third-order valence-corrected chi connectivity index (χ3v) is 5.84. The molecule has 0 saturated heterocycles. The zero-order chi connectivity index (χ0) is 18.6. The molecule has 0 atom stereocenters. The summed E-state index contributed by atoms with van der Waals surface area (Å²) in [7, 11) is 2.18. The topological polar surface area (TPSA) is 3.88 Å². The molecule has 0 fully saturated rings. The van der Waals surface area contributed by atoms with Crippen LogP contribution in [0.4, 0.5) is 0 Å². The van der Waals surface area contributed by atoms with Gasteiger partial charge in [0.25, 0.3) is 0 Å². The molecule has 0 aliphatic heterocycles. The third-order valence-electron chi connectivity index (χ3n) is 5.84. The summed E-state index contributed by atoms with van der Waals surface area (Å²) in [5.41, 5.74) is 14.0. The second-order valence-corrected chi connectivity index (χ2v) is 8.18. The van der Waals surface area contributed by atoms with Gasteiger partial charge < -0.3 is 0 Å². The number of aromatic nitrogens is 1. The van der Waals surface area contributed by atoms with Crippen molar-refractivity contribution in [3.8, 4) is 22.4 Å². The van der Waals surface area contributed by atoms with Gasteiger partial charge in [0.1, 0.15) is 7.05 Å². The van der Waals surface area contributed by atoms with E-state index in [-0.39, 0.29) is 0 Å². The van der Waals surface area contributed by atoms with Gasteiger partial charge in [-0.05, 0) is 66.5 Å². The van der Waals surface area contributed by atoms with Crippen LogP contribution in [0.2, 0.25) is 0 Å². The summed E-state index contributed by atoms with van der Waals surface area (Å²) < 4.78 is 2.30. The molecule has 132 valence electrons. The lowest BCUT2D eigenvalue weighted by molar-refractivity contribution is -0.660. The molecule has 1 heteroatoms. The maximum atomic E-state index is 2.41. The minimum absolute atomic E-state index is 0.534. The monoisotopic (exact) mass is 342 g/mol. The van der Waals surface area contributed by atoms with Crippen LogP contribution in [0.1, 0.15) is 53.1 Å². The molecule has 0 unspecified atom stereocenters. The van der Waals surface area contributed by atoms with E-state index in [4.69, 9.17) is 0 Å². The quantitative estimate of drug-likeness (QED) is 0.405. The molecule has 2 aromatic carbocycles. The van der Waals surface area contributed by atoms with Crippen LogP contribution in [-0.4, -0.2) is 0 Å². The average molecular weight is 343 g/mol. The highest BCUT2D eigenvalue weighted by atomic mass is 14.9. The molecule has 0 saturated carbocycles. The Morgan fingerprint density at radius 2 is 1.65 bits per heavy atom. The summed E-state index contributed by atoms with van der Waals surface area (Å²) in [6, 6.07) is 13.9. The van der Waals surface area contributed by atoms with Gasteiger partial charge >= 0.3 is 0 Å². The Bertz CT molecular complexity index is 1020. The molecule has 0 N–H and O–H groups in total. The minimum atomic E-state index is 0.534. The Morgan fingerprint density at radius 3 is 2.38 bits per heavy atom. The van der Waals surface area contributed by atoms with Gasteiger partial charge in [0.15, 0.2) is 6.20 Å². The fourth-order valence-corrected chi connectivity index (χ4v) is 4.51. The maximum absolute atomic E-state index is 2.41. The van der Waals surface area contributed by atoms with E-state index in [1.165, 1.54) is 55.8 Å². The second-order valence-electron chi connectivity index (χ2n) is 8.18.